The van der Waals surface area contributed by atoms with Crippen LogP contribution in [-0.2, 0) is 18.3 Å². The van der Waals surface area contributed by atoms with E-state index in [1.165, 1.54) is 16.8 Å². The average Bonchev–Trinajstić information content (AvgIpc) is 2.85. The van der Waals surface area contributed by atoms with Gasteiger partial charge in [-0.2, -0.15) is 0 Å². The van der Waals surface area contributed by atoms with Crippen LogP contribution in [0.1, 0.15) is 18.9 Å². The third-order valence-electron chi connectivity index (χ3n) is 3.38. The largest absolute Gasteiger partial charge is 0.356 e. The molecule has 1 amide bonds. The summed E-state index contributed by atoms with van der Waals surface area (Å²) in [5, 5.41) is 4.95. The molecule has 2 aromatic rings. The van der Waals surface area contributed by atoms with Gasteiger partial charge in [0, 0.05) is 32.9 Å². The van der Waals surface area contributed by atoms with Crippen molar-refractivity contribution in [2.75, 3.05) is 13.6 Å². The monoisotopic (exact) mass is 303 g/mol. The van der Waals surface area contributed by atoms with Crippen molar-refractivity contribution in [3.8, 4) is 11.3 Å². The molecule has 5 heteroatoms. The summed E-state index contributed by atoms with van der Waals surface area (Å²) >= 11 is 1.65. The lowest BCUT2D eigenvalue weighted by molar-refractivity contribution is -0.118. The van der Waals surface area contributed by atoms with Gasteiger partial charge in [0.05, 0.1) is 5.69 Å². The number of benzene rings is 1. The number of nitrogens with one attached hydrogen (secondary N) is 1. The molecule has 2 rings (SSSR count). The number of hydrogen-bond donors (Lipinski definition) is 1. The Hall–Kier alpha value is -1.88. The molecule has 0 saturated carbocycles. The molecule has 4 nitrogen and oxygen atoms in total. The summed E-state index contributed by atoms with van der Waals surface area (Å²) in [6.45, 7) is 2.28. The predicted octanol–water partition coefficient (Wildman–Crippen LogP) is 2.35. The first kappa shape index (κ1) is 15.5. The van der Waals surface area contributed by atoms with Crippen LogP contribution >= 0.6 is 11.3 Å². The third-order valence-corrected chi connectivity index (χ3v) is 4.39. The molecule has 0 radical (unpaired) electrons. The first-order chi connectivity index (χ1) is 10.1. The van der Waals surface area contributed by atoms with Crippen molar-refractivity contribution in [1.29, 1.82) is 0 Å². The minimum Gasteiger partial charge on any atom is -0.356 e. The molecular weight excluding hydrogens is 282 g/mol. The van der Waals surface area contributed by atoms with Crippen LogP contribution in [-0.4, -0.2) is 24.1 Å². The number of carbonyl (C=O) groups excluding carboxylic acids is 1. The minimum atomic E-state index is 0.0347. The van der Waals surface area contributed by atoms with Crippen LogP contribution in [0.3, 0.4) is 0 Å². The van der Waals surface area contributed by atoms with E-state index in [1.54, 1.807) is 18.3 Å². The highest BCUT2D eigenvalue weighted by molar-refractivity contribution is 7.07. The molecule has 0 spiro atoms. The Bertz CT molecular complexity index is 668. The lowest BCUT2D eigenvalue weighted by atomic mass is 10.1. The van der Waals surface area contributed by atoms with Crippen molar-refractivity contribution >= 4 is 17.2 Å². The molecule has 0 fully saturated rings. The van der Waals surface area contributed by atoms with Gasteiger partial charge in [-0.25, -0.2) is 0 Å². The topological polar surface area (TPSA) is 46.4 Å². The first-order valence-electron chi connectivity index (χ1n) is 7.03. The van der Waals surface area contributed by atoms with Crippen LogP contribution in [0.5, 0.6) is 0 Å². The fourth-order valence-electron chi connectivity index (χ4n) is 2.23. The summed E-state index contributed by atoms with van der Waals surface area (Å²) in [4.78, 5) is 16.1. The second-order valence-corrected chi connectivity index (χ2v) is 5.81. The third kappa shape index (κ3) is 4.04. The predicted molar refractivity (Wildman–Crippen MR) is 87.2 cm³/mol. The van der Waals surface area contributed by atoms with Crippen molar-refractivity contribution in [2.24, 2.45) is 12.0 Å². The number of rotatable bonds is 5. The Balaban J connectivity index is 2.02. The van der Waals surface area contributed by atoms with Crippen LogP contribution in [0.4, 0.5) is 0 Å². The van der Waals surface area contributed by atoms with Crippen molar-refractivity contribution in [2.45, 2.75) is 19.8 Å². The Labute approximate surface area is 129 Å². The van der Waals surface area contributed by atoms with Crippen molar-refractivity contribution < 1.29 is 4.79 Å². The minimum absolute atomic E-state index is 0.0347. The standard InChI is InChI=1S/C16H21N3OS/c1-12(20)18-10-4-5-13-6-8-14(9-7-13)15-11-21-16(17-2)19(15)3/h6-9,11H,4-5,10H2,1-3H3,(H,18,20). The maximum atomic E-state index is 10.8. The summed E-state index contributed by atoms with van der Waals surface area (Å²) in [7, 11) is 3.85. The van der Waals surface area contributed by atoms with E-state index < -0.39 is 0 Å². The number of aromatic nitrogens is 1. The van der Waals surface area contributed by atoms with Crippen LogP contribution in [0.15, 0.2) is 34.6 Å². The lowest BCUT2D eigenvalue weighted by Gasteiger charge is -2.06. The molecule has 0 aliphatic rings. The van der Waals surface area contributed by atoms with E-state index >= 15 is 0 Å². The zero-order chi connectivity index (χ0) is 15.2. The molecule has 0 aliphatic carbocycles. The van der Waals surface area contributed by atoms with Gasteiger partial charge in [0.25, 0.3) is 0 Å². The van der Waals surface area contributed by atoms with Gasteiger partial charge in [-0.15, -0.1) is 11.3 Å². The van der Waals surface area contributed by atoms with E-state index in [0.29, 0.717) is 0 Å². The second-order valence-electron chi connectivity index (χ2n) is 4.97. The highest BCUT2D eigenvalue weighted by atomic mass is 32.1. The number of aryl methyl sites for hydroxylation is 1. The van der Waals surface area contributed by atoms with E-state index in [0.717, 1.165) is 24.2 Å². The smallest absolute Gasteiger partial charge is 0.216 e. The summed E-state index contributed by atoms with van der Waals surface area (Å²) in [5.74, 6) is 0.0347. The number of hydrogen-bond acceptors (Lipinski definition) is 3. The van der Waals surface area contributed by atoms with E-state index in [2.05, 4.69) is 44.5 Å². The van der Waals surface area contributed by atoms with Crippen LogP contribution in [0.2, 0.25) is 0 Å². The number of thiazole rings is 1. The molecule has 1 N–H and O–H groups in total. The fraction of sp³-hybridized carbons (Fsp3) is 0.375. The maximum Gasteiger partial charge on any atom is 0.216 e. The molecule has 0 saturated heterocycles. The Morgan fingerprint density at radius 3 is 2.62 bits per heavy atom. The summed E-state index contributed by atoms with van der Waals surface area (Å²) < 4.78 is 2.11. The number of carbonyl (C=O) groups is 1. The first-order valence-corrected chi connectivity index (χ1v) is 7.91. The Kier molecular flexibility index (Phi) is 5.33. The number of amides is 1. The van der Waals surface area contributed by atoms with Gasteiger partial charge in [-0.05, 0) is 24.0 Å². The highest BCUT2D eigenvalue weighted by Crippen LogP contribution is 2.20. The summed E-state index contributed by atoms with van der Waals surface area (Å²) in [6, 6.07) is 8.61. The van der Waals surface area contributed by atoms with Crippen LogP contribution in [0.25, 0.3) is 11.3 Å². The molecule has 0 unspecified atom stereocenters. The summed E-state index contributed by atoms with van der Waals surface area (Å²) in [5.41, 5.74) is 3.68. The van der Waals surface area contributed by atoms with Crippen LogP contribution < -0.4 is 10.1 Å². The summed E-state index contributed by atoms with van der Waals surface area (Å²) in [6.07, 6.45) is 1.94. The molecular formula is C16H21N3OS. The molecule has 0 atom stereocenters. The Morgan fingerprint density at radius 2 is 2.05 bits per heavy atom. The normalized spacial score (nSPS) is 11.7. The number of nitrogens with zero attached hydrogens (tertiary/aromatic N) is 2. The molecule has 21 heavy (non-hydrogen) atoms. The lowest BCUT2D eigenvalue weighted by Crippen LogP contribution is -2.21. The molecule has 1 heterocycles. The Morgan fingerprint density at radius 1 is 1.33 bits per heavy atom. The molecule has 112 valence electrons. The maximum absolute atomic E-state index is 10.8. The molecule has 0 bridgehead atoms. The SMILES string of the molecule is CN=c1scc(-c2ccc(CCCNC(C)=O)cc2)n1C. The average molecular weight is 303 g/mol. The fourth-order valence-corrected chi connectivity index (χ4v) is 3.11. The van der Waals surface area contributed by atoms with Gasteiger partial charge in [0.1, 0.15) is 0 Å². The van der Waals surface area contributed by atoms with Crippen molar-refractivity contribution in [3.63, 3.8) is 0 Å². The van der Waals surface area contributed by atoms with Gasteiger partial charge < -0.3 is 9.88 Å². The van der Waals surface area contributed by atoms with E-state index in [9.17, 15) is 4.79 Å². The molecule has 1 aromatic heterocycles. The zero-order valence-corrected chi connectivity index (χ0v) is 13.5. The van der Waals surface area contributed by atoms with E-state index in [-0.39, 0.29) is 5.91 Å². The van der Waals surface area contributed by atoms with Crippen LogP contribution in [0, 0.1) is 0 Å². The van der Waals surface area contributed by atoms with Gasteiger partial charge in [-0.1, -0.05) is 24.3 Å². The van der Waals surface area contributed by atoms with Gasteiger partial charge in [-0.3, -0.25) is 9.79 Å². The van der Waals surface area contributed by atoms with E-state index in [4.69, 9.17) is 0 Å². The van der Waals surface area contributed by atoms with Crippen molar-refractivity contribution in [3.05, 3.63) is 40.0 Å². The van der Waals surface area contributed by atoms with E-state index in [1.807, 2.05) is 14.1 Å². The zero-order valence-electron chi connectivity index (χ0n) is 12.7. The molecule has 1 aromatic carbocycles. The highest BCUT2D eigenvalue weighted by Gasteiger charge is 2.04. The van der Waals surface area contributed by atoms with Gasteiger partial charge >= 0.3 is 0 Å². The van der Waals surface area contributed by atoms with Crippen molar-refractivity contribution in [1.82, 2.24) is 9.88 Å². The van der Waals surface area contributed by atoms with Gasteiger partial charge in [0.2, 0.25) is 5.91 Å². The second kappa shape index (κ2) is 7.22. The van der Waals surface area contributed by atoms with Gasteiger partial charge in [0.15, 0.2) is 4.80 Å². The quantitative estimate of drug-likeness (QED) is 0.847. The molecule has 0 aliphatic heterocycles.